The van der Waals surface area contributed by atoms with E-state index in [2.05, 4.69) is 0 Å². The van der Waals surface area contributed by atoms with E-state index in [-0.39, 0.29) is 24.3 Å². The normalized spacial score (nSPS) is 34.9. The van der Waals surface area contributed by atoms with Gasteiger partial charge >= 0.3 is 5.97 Å². The molecule has 1 aromatic carbocycles. The summed E-state index contributed by atoms with van der Waals surface area (Å²) < 4.78 is 4.81. The van der Waals surface area contributed by atoms with Crippen molar-refractivity contribution in [1.29, 1.82) is 0 Å². The fraction of sp³-hybridized carbons (Fsp3) is 0.500. The zero-order valence-corrected chi connectivity index (χ0v) is 13.7. The van der Waals surface area contributed by atoms with Gasteiger partial charge in [0.25, 0.3) is 0 Å². The predicted octanol–water partition coefficient (Wildman–Crippen LogP) is 1.73. The van der Waals surface area contributed by atoms with Crippen LogP contribution >= 0.6 is 11.6 Å². The number of methoxy groups -OCH3 is 1. The van der Waals surface area contributed by atoms with Crippen molar-refractivity contribution in [3.8, 4) is 0 Å². The molecule has 3 rings (SSSR count). The summed E-state index contributed by atoms with van der Waals surface area (Å²) in [5.41, 5.74) is -3.24. The van der Waals surface area contributed by atoms with E-state index in [0.29, 0.717) is 5.56 Å². The molecule has 24 heavy (non-hydrogen) atoms. The molecule has 0 spiro atoms. The highest BCUT2D eigenvalue weighted by Gasteiger charge is 2.75. The van der Waals surface area contributed by atoms with E-state index < -0.39 is 39.7 Å². The predicted molar refractivity (Wildman–Crippen MR) is 83.2 cm³/mol. The average molecular weight is 354 g/mol. The average Bonchev–Trinajstić information content (AvgIpc) is 2.78. The first-order valence-corrected chi connectivity index (χ1v) is 7.88. The summed E-state index contributed by atoms with van der Waals surface area (Å²) in [6, 6.07) is 4.85. The second kappa shape index (κ2) is 5.53. The summed E-state index contributed by atoms with van der Waals surface area (Å²) in [4.78, 5) is 36.4. The summed E-state index contributed by atoms with van der Waals surface area (Å²) in [5, 5.41) is 22.8. The Morgan fingerprint density at radius 1 is 1.46 bits per heavy atom. The van der Waals surface area contributed by atoms with Crippen molar-refractivity contribution >= 4 is 23.4 Å². The number of ketones is 1. The SMILES string of the molecule is COC(=O)[C@@]12C[C@@](O)(CCC1=O)[C@H]([N+](=O)[O-])[C@H]2c1ccccc1Cl. The number of hydrogen-bond donors (Lipinski definition) is 1. The second-order valence-corrected chi connectivity index (χ2v) is 6.80. The summed E-state index contributed by atoms with van der Waals surface area (Å²) >= 11 is 6.20. The van der Waals surface area contributed by atoms with Gasteiger partial charge in [-0.3, -0.25) is 19.7 Å². The number of hydrogen-bond acceptors (Lipinski definition) is 6. The van der Waals surface area contributed by atoms with Gasteiger partial charge in [0.2, 0.25) is 6.04 Å². The smallest absolute Gasteiger partial charge is 0.320 e. The third-order valence-electron chi connectivity index (χ3n) is 5.28. The zero-order valence-electron chi connectivity index (χ0n) is 12.9. The first-order chi connectivity index (χ1) is 11.3. The molecule has 2 aliphatic carbocycles. The molecule has 2 fully saturated rings. The number of fused-ring (bicyclic) bond motifs is 2. The molecule has 7 nitrogen and oxygen atoms in total. The molecule has 4 atom stereocenters. The molecule has 2 aliphatic rings. The number of esters is 1. The van der Waals surface area contributed by atoms with E-state index >= 15 is 0 Å². The van der Waals surface area contributed by atoms with Gasteiger partial charge in [-0.15, -0.1) is 0 Å². The number of aliphatic hydroxyl groups is 1. The molecular formula is C16H16ClNO6. The lowest BCUT2D eigenvalue weighted by molar-refractivity contribution is -0.544. The maximum Gasteiger partial charge on any atom is 0.320 e. The molecule has 0 saturated heterocycles. The van der Waals surface area contributed by atoms with Crippen LogP contribution in [0.25, 0.3) is 0 Å². The van der Waals surface area contributed by atoms with Crippen LogP contribution in [0.2, 0.25) is 5.02 Å². The topological polar surface area (TPSA) is 107 Å². The van der Waals surface area contributed by atoms with E-state index in [0.717, 1.165) is 7.11 Å². The zero-order chi connectivity index (χ0) is 17.7. The van der Waals surface area contributed by atoms with Crippen LogP contribution in [0, 0.1) is 15.5 Å². The number of nitrogens with zero attached hydrogens (tertiary/aromatic N) is 1. The maximum absolute atomic E-state index is 12.7. The van der Waals surface area contributed by atoms with Crippen LogP contribution in [0.1, 0.15) is 30.7 Å². The van der Waals surface area contributed by atoms with Crippen molar-refractivity contribution in [3.05, 3.63) is 45.0 Å². The van der Waals surface area contributed by atoms with Crippen LogP contribution in [-0.4, -0.2) is 40.5 Å². The maximum atomic E-state index is 12.7. The molecule has 8 heteroatoms. The quantitative estimate of drug-likeness (QED) is 0.384. The van der Waals surface area contributed by atoms with Gasteiger partial charge in [0.1, 0.15) is 11.0 Å². The van der Waals surface area contributed by atoms with Crippen molar-refractivity contribution in [2.24, 2.45) is 5.41 Å². The van der Waals surface area contributed by atoms with Crippen molar-refractivity contribution < 1.29 is 24.4 Å². The number of ether oxygens (including phenoxy) is 1. The van der Waals surface area contributed by atoms with E-state index in [1.807, 2.05) is 0 Å². The van der Waals surface area contributed by atoms with Gasteiger partial charge < -0.3 is 9.84 Å². The van der Waals surface area contributed by atoms with Crippen LogP contribution in [0.15, 0.2) is 24.3 Å². The van der Waals surface area contributed by atoms with Crippen molar-refractivity contribution in [2.75, 3.05) is 7.11 Å². The van der Waals surface area contributed by atoms with Crippen LogP contribution in [0.3, 0.4) is 0 Å². The van der Waals surface area contributed by atoms with Gasteiger partial charge in [0, 0.05) is 22.8 Å². The van der Waals surface area contributed by atoms with Gasteiger partial charge in [-0.05, 0) is 18.1 Å². The number of carbonyl (C=O) groups excluding carboxylic acids is 2. The number of Topliss-reactive ketones (excluding diaryl/α,β-unsaturated/α-hetero) is 1. The molecule has 0 heterocycles. The number of halogens is 1. The van der Waals surface area contributed by atoms with E-state index in [4.69, 9.17) is 16.3 Å². The monoisotopic (exact) mass is 353 g/mol. The van der Waals surface area contributed by atoms with Crippen LogP contribution in [0.5, 0.6) is 0 Å². The van der Waals surface area contributed by atoms with Crippen LogP contribution in [0.4, 0.5) is 0 Å². The van der Waals surface area contributed by atoms with E-state index in [1.165, 1.54) is 6.07 Å². The van der Waals surface area contributed by atoms with Gasteiger partial charge in [0.05, 0.1) is 13.0 Å². The lowest BCUT2D eigenvalue weighted by Gasteiger charge is -2.33. The standard InChI is InChI=1S/C16H16ClNO6/c1-24-14(20)16-8-15(21,7-6-11(16)19)13(18(22)23)12(16)9-4-2-3-5-10(9)17/h2-5,12-13,21H,6-8H2,1H3/t12-,13-,15+,16+/m1/s1. The molecule has 2 saturated carbocycles. The Balaban J connectivity index is 2.30. The fourth-order valence-corrected chi connectivity index (χ4v) is 4.57. The lowest BCUT2D eigenvalue weighted by Crippen LogP contribution is -2.47. The number of carbonyl (C=O) groups is 2. The van der Waals surface area contributed by atoms with Crippen molar-refractivity contribution in [3.63, 3.8) is 0 Å². The Labute approximate surface area is 142 Å². The summed E-state index contributed by atoms with van der Waals surface area (Å²) in [6.45, 7) is 0. The van der Waals surface area contributed by atoms with E-state index in [9.17, 15) is 24.8 Å². The second-order valence-electron chi connectivity index (χ2n) is 6.40. The highest BCUT2D eigenvalue weighted by molar-refractivity contribution is 6.31. The Morgan fingerprint density at radius 3 is 2.71 bits per heavy atom. The highest BCUT2D eigenvalue weighted by atomic mass is 35.5. The van der Waals surface area contributed by atoms with E-state index in [1.54, 1.807) is 18.2 Å². The van der Waals surface area contributed by atoms with Crippen molar-refractivity contribution in [1.82, 2.24) is 0 Å². The molecule has 1 aromatic rings. The van der Waals surface area contributed by atoms with Crippen LogP contribution in [-0.2, 0) is 14.3 Å². The molecule has 0 unspecified atom stereocenters. The van der Waals surface area contributed by atoms with Gasteiger partial charge in [0.15, 0.2) is 5.78 Å². The Kier molecular flexibility index (Phi) is 3.88. The number of nitro groups is 1. The van der Waals surface area contributed by atoms with Crippen molar-refractivity contribution in [2.45, 2.75) is 36.8 Å². The lowest BCUT2D eigenvalue weighted by atomic mass is 9.67. The summed E-state index contributed by atoms with van der Waals surface area (Å²) in [7, 11) is 1.13. The summed E-state index contributed by atoms with van der Waals surface area (Å²) in [6.07, 6.45) is -0.499. The van der Waals surface area contributed by atoms with Gasteiger partial charge in [-0.25, -0.2) is 0 Å². The minimum Gasteiger partial charge on any atom is -0.468 e. The molecule has 1 N–H and O–H groups in total. The van der Waals surface area contributed by atoms with Crippen LogP contribution < -0.4 is 0 Å². The molecular weight excluding hydrogens is 338 g/mol. The Morgan fingerprint density at radius 2 is 2.12 bits per heavy atom. The Hall–Kier alpha value is -1.99. The molecule has 0 aromatic heterocycles. The molecule has 128 valence electrons. The largest absolute Gasteiger partial charge is 0.468 e. The molecule has 2 bridgehead atoms. The fourth-order valence-electron chi connectivity index (χ4n) is 4.31. The van der Waals surface area contributed by atoms with Gasteiger partial charge in [-0.1, -0.05) is 29.8 Å². The minimum atomic E-state index is -1.79. The third kappa shape index (κ3) is 2.08. The van der Waals surface area contributed by atoms with Gasteiger partial charge in [-0.2, -0.15) is 0 Å². The Bertz CT molecular complexity index is 727. The highest BCUT2D eigenvalue weighted by Crippen LogP contribution is 2.61. The molecule has 0 radical (unpaired) electrons. The molecule has 0 amide bonds. The first kappa shape index (κ1) is 16.9. The first-order valence-electron chi connectivity index (χ1n) is 7.50. The molecule has 0 aliphatic heterocycles. The minimum absolute atomic E-state index is 0.0584. The number of benzene rings is 1. The summed E-state index contributed by atoms with van der Waals surface area (Å²) in [5.74, 6) is -2.48. The third-order valence-corrected chi connectivity index (χ3v) is 5.63. The number of rotatable bonds is 3.